The second kappa shape index (κ2) is 13.2. The molecule has 0 aromatic carbocycles. The Bertz CT molecular complexity index is 416. The van der Waals surface area contributed by atoms with Crippen molar-refractivity contribution in [2.75, 3.05) is 6.61 Å². The third-order valence-electron chi connectivity index (χ3n) is 5.24. The Morgan fingerprint density at radius 3 is 2.68 bits per heavy atom. The third-order valence-corrected chi connectivity index (χ3v) is 5.24. The Labute approximate surface area is 152 Å². The van der Waals surface area contributed by atoms with Crippen molar-refractivity contribution in [1.82, 2.24) is 0 Å². The second-order valence-electron chi connectivity index (χ2n) is 7.32. The summed E-state index contributed by atoms with van der Waals surface area (Å²) in [7, 11) is 0. The maximum Gasteiger partial charge on any atom is 0.163 e. The minimum absolute atomic E-state index is 0.158. The zero-order chi connectivity index (χ0) is 18.5. The molecule has 4 heteroatoms. The molecule has 0 aromatic heterocycles. The molecule has 1 aliphatic carbocycles. The quantitative estimate of drug-likeness (QED) is 0.366. The van der Waals surface area contributed by atoms with Gasteiger partial charge in [-0.3, -0.25) is 9.59 Å². The summed E-state index contributed by atoms with van der Waals surface area (Å²) in [6.45, 7) is 1.72. The lowest BCUT2D eigenvalue weighted by Crippen LogP contribution is -2.23. The van der Waals surface area contributed by atoms with Crippen LogP contribution in [0.2, 0.25) is 0 Å². The number of aliphatic hydroxyl groups is 2. The first kappa shape index (κ1) is 22.0. The Morgan fingerprint density at radius 2 is 1.96 bits per heavy atom. The number of Topliss-reactive ketones (excluding diaryl/α,β-unsaturated/α-hetero) is 2. The van der Waals surface area contributed by atoms with Crippen molar-refractivity contribution in [2.45, 2.75) is 90.1 Å². The largest absolute Gasteiger partial charge is 0.393 e. The molecule has 4 nitrogen and oxygen atoms in total. The van der Waals surface area contributed by atoms with E-state index in [0.29, 0.717) is 24.5 Å². The van der Waals surface area contributed by atoms with Crippen molar-refractivity contribution in [1.29, 1.82) is 0 Å². The molecule has 0 bridgehead atoms. The molecule has 1 aliphatic rings. The maximum atomic E-state index is 12.1. The van der Waals surface area contributed by atoms with Gasteiger partial charge >= 0.3 is 0 Å². The maximum absolute atomic E-state index is 12.1. The van der Waals surface area contributed by atoms with Crippen LogP contribution in [0.3, 0.4) is 0 Å². The lowest BCUT2D eigenvalue weighted by molar-refractivity contribution is -0.129. The number of unbranched alkanes of at least 4 members (excludes halogenated alkanes) is 6. The fourth-order valence-corrected chi connectivity index (χ4v) is 3.61. The van der Waals surface area contributed by atoms with Crippen LogP contribution in [0, 0.1) is 11.8 Å². The van der Waals surface area contributed by atoms with Crippen LogP contribution in [0.15, 0.2) is 12.2 Å². The van der Waals surface area contributed by atoms with Crippen molar-refractivity contribution in [3.63, 3.8) is 0 Å². The molecular formula is C21H36O4. The summed E-state index contributed by atoms with van der Waals surface area (Å²) < 4.78 is 0. The molecule has 144 valence electrons. The molecule has 1 saturated carbocycles. The summed E-state index contributed by atoms with van der Waals surface area (Å²) in [6, 6.07) is 0. The predicted molar refractivity (Wildman–Crippen MR) is 100 cm³/mol. The highest BCUT2D eigenvalue weighted by molar-refractivity contribution is 5.83. The highest BCUT2D eigenvalue weighted by atomic mass is 16.3. The molecule has 0 aromatic rings. The molecule has 0 spiro atoms. The van der Waals surface area contributed by atoms with E-state index in [1.807, 2.05) is 0 Å². The lowest BCUT2D eigenvalue weighted by Gasteiger charge is -2.15. The van der Waals surface area contributed by atoms with Crippen LogP contribution in [0.1, 0.15) is 84.0 Å². The standard InChI is InChI=1S/C21H36O4/c1-2-3-4-5-6-8-11-17-14-15-19(23)18(17)12-9-7-10-13-20(24)21(25)16-22/h8,11,17-18,21-22,25H,2-7,9-10,12-16H2,1H3/t17-,18+,21?/m0/s1. The van der Waals surface area contributed by atoms with Gasteiger partial charge in [0, 0.05) is 18.8 Å². The molecule has 25 heavy (non-hydrogen) atoms. The summed E-state index contributed by atoms with van der Waals surface area (Å²) in [5.74, 6) is 0.665. The minimum atomic E-state index is -1.23. The van der Waals surface area contributed by atoms with E-state index in [1.54, 1.807) is 0 Å². The van der Waals surface area contributed by atoms with E-state index in [-0.39, 0.29) is 11.7 Å². The van der Waals surface area contributed by atoms with E-state index in [9.17, 15) is 14.7 Å². The van der Waals surface area contributed by atoms with Gasteiger partial charge in [-0.2, -0.15) is 0 Å². The van der Waals surface area contributed by atoms with Crippen LogP contribution < -0.4 is 0 Å². The van der Waals surface area contributed by atoms with Crippen LogP contribution in [-0.2, 0) is 9.59 Å². The molecule has 1 fully saturated rings. The van der Waals surface area contributed by atoms with Crippen molar-refractivity contribution in [3.05, 3.63) is 12.2 Å². The number of hydrogen-bond acceptors (Lipinski definition) is 4. The van der Waals surface area contributed by atoms with Crippen molar-refractivity contribution in [3.8, 4) is 0 Å². The van der Waals surface area contributed by atoms with Crippen LogP contribution >= 0.6 is 0 Å². The average Bonchev–Trinajstić information content (AvgIpc) is 2.96. The predicted octanol–water partition coefficient (Wildman–Crippen LogP) is 3.98. The van der Waals surface area contributed by atoms with Gasteiger partial charge in [0.25, 0.3) is 0 Å². The van der Waals surface area contributed by atoms with Gasteiger partial charge < -0.3 is 10.2 Å². The van der Waals surface area contributed by atoms with Crippen LogP contribution in [-0.4, -0.2) is 34.5 Å². The zero-order valence-electron chi connectivity index (χ0n) is 15.8. The van der Waals surface area contributed by atoms with E-state index in [1.165, 1.54) is 25.7 Å². The van der Waals surface area contributed by atoms with Gasteiger partial charge in [-0.25, -0.2) is 0 Å². The van der Waals surface area contributed by atoms with Crippen LogP contribution in [0.5, 0.6) is 0 Å². The van der Waals surface area contributed by atoms with Gasteiger partial charge in [-0.15, -0.1) is 0 Å². The number of carbonyl (C=O) groups excluding carboxylic acids is 2. The summed E-state index contributed by atoms with van der Waals surface area (Å²) >= 11 is 0. The van der Waals surface area contributed by atoms with Gasteiger partial charge in [-0.05, 0) is 38.0 Å². The molecule has 2 N–H and O–H groups in total. The summed E-state index contributed by atoms with van der Waals surface area (Å²) in [6.07, 6.45) is 15.0. The smallest absolute Gasteiger partial charge is 0.163 e. The number of carbonyl (C=O) groups is 2. The number of rotatable bonds is 14. The van der Waals surface area contributed by atoms with E-state index >= 15 is 0 Å². The molecule has 0 amide bonds. The normalized spacial score (nSPS) is 22.0. The Morgan fingerprint density at radius 1 is 1.20 bits per heavy atom. The SMILES string of the molecule is CCCCCCC=C[C@H]1CCC(=O)[C@@H]1CCCCCC(=O)C(O)CO. The molecule has 0 radical (unpaired) electrons. The lowest BCUT2D eigenvalue weighted by atomic mass is 9.89. The van der Waals surface area contributed by atoms with Crippen molar-refractivity contribution < 1.29 is 19.8 Å². The summed E-state index contributed by atoms with van der Waals surface area (Å²) in [5.41, 5.74) is 0. The highest BCUT2D eigenvalue weighted by Crippen LogP contribution is 2.34. The molecule has 3 atom stereocenters. The fourth-order valence-electron chi connectivity index (χ4n) is 3.61. The molecule has 0 heterocycles. The Kier molecular flexibility index (Phi) is 11.7. The first-order chi connectivity index (χ1) is 12.1. The molecule has 0 aliphatic heterocycles. The van der Waals surface area contributed by atoms with Crippen LogP contribution in [0.25, 0.3) is 0 Å². The first-order valence-electron chi connectivity index (χ1n) is 10.1. The molecule has 1 rings (SSSR count). The number of ketones is 2. The minimum Gasteiger partial charge on any atom is -0.393 e. The third kappa shape index (κ3) is 8.77. The summed E-state index contributed by atoms with van der Waals surface area (Å²) in [5, 5.41) is 17.9. The Hall–Kier alpha value is -1.00. The number of allylic oxidation sites excluding steroid dienone is 2. The van der Waals surface area contributed by atoms with E-state index in [0.717, 1.165) is 38.5 Å². The van der Waals surface area contributed by atoms with Crippen LogP contribution in [0.4, 0.5) is 0 Å². The van der Waals surface area contributed by atoms with Crippen molar-refractivity contribution >= 4 is 11.6 Å². The van der Waals surface area contributed by atoms with Gasteiger partial charge in [0.2, 0.25) is 0 Å². The molecule has 0 saturated heterocycles. The fraction of sp³-hybridized carbons (Fsp3) is 0.810. The van der Waals surface area contributed by atoms with Crippen molar-refractivity contribution in [2.24, 2.45) is 11.8 Å². The summed E-state index contributed by atoms with van der Waals surface area (Å²) in [4.78, 5) is 23.5. The van der Waals surface area contributed by atoms with Gasteiger partial charge in [0.05, 0.1) is 6.61 Å². The van der Waals surface area contributed by atoms with E-state index in [2.05, 4.69) is 19.1 Å². The average molecular weight is 353 g/mol. The van der Waals surface area contributed by atoms with E-state index in [4.69, 9.17) is 5.11 Å². The Balaban J connectivity index is 2.22. The first-order valence-corrected chi connectivity index (χ1v) is 10.1. The number of aliphatic hydroxyl groups excluding tert-OH is 2. The number of hydrogen-bond donors (Lipinski definition) is 2. The van der Waals surface area contributed by atoms with Gasteiger partial charge in [0.1, 0.15) is 11.9 Å². The monoisotopic (exact) mass is 352 g/mol. The topological polar surface area (TPSA) is 74.6 Å². The second-order valence-corrected chi connectivity index (χ2v) is 7.32. The van der Waals surface area contributed by atoms with Gasteiger partial charge in [0.15, 0.2) is 5.78 Å². The highest BCUT2D eigenvalue weighted by Gasteiger charge is 2.32. The molecular weight excluding hydrogens is 316 g/mol. The van der Waals surface area contributed by atoms with E-state index < -0.39 is 12.7 Å². The van der Waals surface area contributed by atoms with Gasteiger partial charge in [-0.1, -0.05) is 51.2 Å². The molecule has 1 unspecified atom stereocenters. The zero-order valence-corrected chi connectivity index (χ0v) is 15.8.